The van der Waals surface area contributed by atoms with Crippen LogP contribution in [0.3, 0.4) is 0 Å². The van der Waals surface area contributed by atoms with Crippen LogP contribution < -0.4 is 5.56 Å². The smallest absolute Gasteiger partial charge is 0.270 e. The van der Waals surface area contributed by atoms with Crippen LogP contribution in [0.1, 0.15) is 16.1 Å². The molecule has 1 heterocycles. The average molecular weight is 311 g/mol. The molecule has 1 N–H and O–H groups in total. The van der Waals surface area contributed by atoms with Gasteiger partial charge in [0.25, 0.3) is 5.91 Å². The van der Waals surface area contributed by atoms with Gasteiger partial charge in [-0.05, 0) is 23.8 Å². The molecule has 0 aliphatic carbocycles. The van der Waals surface area contributed by atoms with E-state index in [1.54, 1.807) is 31.3 Å². The molecule has 1 aromatic carbocycles. The molecule has 2 rings (SSSR count). The molecule has 20 heavy (non-hydrogen) atoms. The number of aromatic amines is 1. The van der Waals surface area contributed by atoms with Crippen LogP contribution in [-0.2, 0) is 6.54 Å². The lowest BCUT2D eigenvalue weighted by Crippen LogP contribution is -2.28. The fourth-order valence-corrected chi connectivity index (χ4v) is 2.22. The number of carbonyl (C=O) groups is 1. The van der Waals surface area contributed by atoms with Gasteiger partial charge in [-0.3, -0.25) is 9.59 Å². The van der Waals surface area contributed by atoms with Crippen LogP contribution in [0.2, 0.25) is 10.0 Å². The van der Waals surface area contributed by atoms with Gasteiger partial charge in [-0.2, -0.15) is 0 Å². The van der Waals surface area contributed by atoms with Crippen molar-refractivity contribution < 1.29 is 4.79 Å². The molecular weight excluding hydrogens is 299 g/mol. The Kier molecular flexibility index (Phi) is 4.47. The molecule has 0 aliphatic heterocycles. The molecule has 0 spiro atoms. The van der Waals surface area contributed by atoms with E-state index in [2.05, 4.69) is 4.98 Å². The van der Waals surface area contributed by atoms with E-state index in [9.17, 15) is 9.59 Å². The van der Waals surface area contributed by atoms with Crippen LogP contribution in [0.25, 0.3) is 0 Å². The summed E-state index contributed by atoms with van der Waals surface area (Å²) in [7, 11) is 1.64. The number of H-pyrrole nitrogens is 1. The van der Waals surface area contributed by atoms with Crippen molar-refractivity contribution in [1.29, 1.82) is 0 Å². The van der Waals surface area contributed by atoms with Crippen LogP contribution >= 0.6 is 23.2 Å². The third kappa shape index (κ3) is 3.40. The lowest BCUT2D eigenvalue weighted by molar-refractivity contribution is 0.0779. The average Bonchev–Trinajstić information content (AvgIpc) is 2.41. The Balaban J connectivity index is 2.17. The van der Waals surface area contributed by atoms with Crippen molar-refractivity contribution in [3.8, 4) is 0 Å². The van der Waals surface area contributed by atoms with Crippen LogP contribution in [0.4, 0.5) is 0 Å². The second-order valence-electron chi connectivity index (χ2n) is 4.33. The van der Waals surface area contributed by atoms with E-state index in [1.165, 1.54) is 17.0 Å². The number of carbonyl (C=O) groups excluding carboxylic acids is 1. The molecule has 0 fully saturated rings. The van der Waals surface area contributed by atoms with E-state index in [1.807, 2.05) is 0 Å². The largest absolute Gasteiger partial charge is 0.336 e. The maximum atomic E-state index is 12.2. The Morgan fingerprint density at radius 1 is 1.25 bits per heavy atom. The lowest BCUT2D eigenvalue weighted by Gasteiger charge is -2.17. The van der Waals surface area contributed by atoms with Gasteiger partial charge in [-0.25, -0.2) is 0 Å². The Morgan fingerprint density at radius 2 is 2.00 bits per heavy atom. The zero-order valence-electron chi connectivity index (χ0n) is 10.7. The van der Waals surface area contributed by atoms with Gasteiger partial charge in [0.05, 0.1) is 0 Å². The van der Waals surface area contributed by atoms with Crippen molar-refractivity contribution in [3.63, 3.8) is 0 Å². The Labute approximate surface area is 125 Å². The zero-order valence-corrected chi connectivity index (χ0v) is 12.2. The second-order valence-corrected chi connectivity index (χ2v) is 5.17. The first-order chi connectivity index (χ1) is 9.47. The summed E-state index contributed by atoms with van der Waals surface area (Å²) in [5, 5.41) is 1.04. The second kappa shape index (κ2) is 6.11. The Morgan fingerprint density at radius 3 is 2.65 bits per heavy atom. The van der Waals surface area contributed by atoms with E-state index in [0.717, 1.165) is 5.56 Å². The topological polar surface area (TPSA) is 53.2 Å². The lowest BCUT2D eigenvalue weighted by atomic mass is 10.2. The summed E-state index contributed by atoms with van der Waals surface area (Å²) in [6.07, 6.45) is 0. The first kappa shape index (κ1) is 14.6. The first-order valence-electron chi connectivity index (χ1n) is 5.86. The molecule has 0 atom stereocenters. The first-order valence-corrected chi connectivity index (χ1v) is 6.61. The number of amides is 1. The van der Waals surface area contributed by atoms with Gasteiger partial charge in [0.15, 0.2) is 0 Å². The molecule has 0 bridgehead atoms. The number of pyridine rings is 1. The van der Waals surface area contributed by atoms with Gasteiger partial charge in [-0.15, -0.1) is 0 Å². The summed E-state index contributed by atoms with van der Waals surface area (Å²) in [4.78, 5) is 27.3. The number of nitrogens with one attached hydrogen (secondary N) is 1. The van der Waals surface area contributed by atoms with Gasteiger partial charge >= 0.3 is 0 Å². The molecule has 0 unspecified atom stereocenters. The third-order valence-corrected chi connectivity index (χ3v) is 3.36. The normalized spacial score (nSPS) is 10.3. The number of nitrogens with zero attached hydrogens (tertiary/aromatic N) is 1. The molecule has 1 amide bonds. The minimum atomic E-state index is -0.311. The van der Waals surface area contributed by atoms with E-state index in [-0.39, 0.29) is 17.2 Å². The highest BCUT2D eigenvalue weighted by atomic mass is 35.5. The summed E-state index contributed by atoms with van der Waals surface area (Å²) in [6, 6.07) is 9.56. The highest BCUT2D eigenvalue weighted by Crippen LogP contribution is 2.22. The Hall–Kier alpha value is -1.78. The third-order valence-electron chi connectivity index (χ3n) is 2.77. The number of hydrogen-bond acceptors (Lipinski definition) is 2. The molecular formula is C14H12Cl2N2O2. The summed E-state index contributed by atoms with van der Waals surface area (Å²) in [5.41, 5.74) is 0.712. The van der Waals surface area contributed by atoms with Gasteiger partial charge in [0.1, 0.15) is 5.69 Å². The predicted octanol–water partition coefficient (Wildman–Crippen LogP) is 2.95. The molecule has 0 saturated heterocycles. The van der Waals surface area contributed by atoms with Gasteiger partial charge in [0, 0.05) is 29.7 Å². The minimum absolute atomic E-state index is 0.241. The monoisotopic (exact) mass is 310 g/mol. The highest BCUT2D eigenvalue weighted by molar-refractivity contribution is 6.35. The van der Waals surface area contributed by atoms with Gasteiger partial charge < -0.3 is 9.88 Å². The van der Waals surface area contributed by atoms with E-state index < -0.39 is 0 Å². The molecule has 6 heteroatoms. The van der Waals surface area contributed by atoms with Crippen molar-refractivity contribution in [2.75, 3.05) is 7.05 Å². The van der Waals surface area contributed by atoms with E-state index in [0.29, 0.717) is 16.6 Å². The number of benzene rings is 1. The van der Waals surface area contributed by atoms with Crippen molar-refractivity contribution >= 4 is 29.1 Å². The maximum absolute atomic E-state index is 12.2. The van der Waals surface area contributed by atoms with Gasteiger partial charge in [0.2, 0.25) is 5.56 Å². The van der Waals surface area contributed by atoms with Crippen molar-refractivity contribution in [3.05, 3.63) is 68.1 Å². The van der Waals surface area contributed by atoms with Crippen molar-refractivity contribution in [2.45, 2.75) is 6.54 Å². The standard InChI is InChI=1S/C14H12Cl2N2O2/c1-18(8-9-5-6-10(15)7-11(9)16)14(20)12-3-2-4-13(19)17-12/h2-7H,8H2,1H3,(H,17,19). The molecule has 2 aromatic rings. The van der Waals surface area contributed by atoms with Crippen LogP contribution in [0, 0.1) is 0 Å². The summed E-state index contributed by atoms with van der Waals surface area (Å²) >= 11 is 11.9. The summed E-state index contributed by atoms with van der Waals surface area (Å²) < 4.78 is 0. The van der Waals surface area contributed by atoms with Crippen LogP contribution in [-0.4, -0.2) is 22.8 Å². The minimum Gasteiger partial charge on any atom is -0.336 e. The van der Waals surface area contributed by atoms with E-state index in [4.69, 9.17) is 23.2 Å². The van der Waals surface area contributed by atoms with Crippen molar-refractivity contribution in [1.82, 2.24) is 9.88 Å². The molecule has 0 radical (unpaired) electrons. The quantitative estimate of drug-likeness (QED) is 0.947. The molecule has 104 valence electrons. The Bertz CT molecular complexity index is 698. The fourth-order valence-electron chi connectivity index (χ4n) is 1.76. The zero-order chi connectivity index (χ0) is 14.7. The van der Waals surface area contributed by atoms with Crippen LogP contribution in [0.5, 0.6) is 0 Å². The summed E-state index contributed by atoms with van der Waals surface area (Å²) in [5.74, 6) is -0.284. The summed E-state index contributed by atoms with van der Waals surface area (Å²) in [6.45, 7) is 0.325. The number of halogens is 2. The van der Waals surface area contributed by atoms with E-state index >= 15 is 0 Å². The molecule has 0 saturated carbocycles. The van der Waals surface area contributed by atoms with Crippen molar-refractivity contribution in [2.24, 2.45) is 0 Å². The van der Waals surface area contributed by atoms with Crippen LogP contribution in [0.15, 0.2) is 41.2 Å². The maximum Gasteiger partial charge on any atom is 0.270 e. The molecule has 4 nitrogen and oxygen atoms in total. The predicted molar refractivity (Wildman–Crippen MR) is 79.3 cm³/mol. The molecule has 1 aromatic heterocycles. The number of aromatic nitrogens is 1. The number of rotatable bonds is 3. The SMILES string of the molecule is CN(Cc1ccc(Cl)cc1Cl)C(=O)c1cccc(=O)[nH]1. The molecule has 0 aliphatic rings. The number of hydrogen-bond donors (Lipinski definition) is 1. The fraction of sp³-hybridized carbons (Fsp3) is 0.143. The highest BCUT2D eigenvalue weighted by Gasteiger charge is 2.14. The van der Waals surface area contributed by atoms with Gasteiger partial charge in [-0.1, -0.05) is 35.3 Å².